The number of nitrogens with zero attached hydrogens (tertiary/aromatic N) is 2. The van der Waals surface area contributed by atoms with Crippen molar-refractivity contribution in [3.05, 3.63) is 68.4 Å². The van der Waals surface area contributed by atoms with Crippen molar-refractivity contribution in [2.24, 2.45) is 4.40 Å². The molecule has 2 aromatic carbocycles. The number of ether oxygens (including phenoxy) is 1. The van der Waals surface area contributed by atoms with E-state index >= 15 is 0 Å². The quantitative estimate of drug-likeness (QED) is 0.209. The summed E-state index contributed by atoms with van der Waals surface area (Å²) in [7, 11) is 0. The Morgan fingerprint density at radius 2 is 1.74 bits per heavy atom. The van der Waals surface area contributed by atoms with Crippen molar-refractivity contribution in [2.75, 3.05) is 13.1 Å². The monoisotopic (exact) mass is 600 g/mol. The molecule has 0 N–H and O–H groups in total. The minimum atomic E-state index is -4.77. The number of hydrogen-bond acceptors (Lipinski definition) is 4. The fourth-order valence-corrected chi connectivity index (χ4v) is 6.34. The van der Waals surface area contributed by atoms with Crippen molar-refractivity contribution in [3.63, 3.8) is 0 Å². The van der Waals surface area contributed by atoms with E-state index in [-0.39, 0.29) is 31.0 Å². The van der Waals surface area contributed by atoms with Gasteiger partial charge in [0, 0.05) is 12.8 Å². The maximum Gasteiger partial charge on any atom is 0.409 e. The molecule has 1 amide bonds. The molecule has 5 rings (SSSR count). The number of hydrogen-bond donors (Lipinski definition) is 0. The van der Waals surface area contributed by atoms with Gasteiger partial charge in [-0.2, -0.15) is 26.3 Å². The Morgan fingerprint density at radius 3 is 2.34 bits per heavy atom. The largest absolute Gasteiger partial charge is 0.409 e. The third kappa shape index (κ3) is 4.67. The second-order valence-electron chi connectivity index (χ2n) is 9.40. The number of rotatable bonds is 4. The number of carbonyl (C=O) groups excluding carboxylic acids is 1. The first kappa shape index (κ1) is 27.5. The van der Waals surface area contributed by atoms with E-state index in [1.165, 1.54) is 4.90 Å². The van der Waals surface area contributed by atoms with Crippen LogP contribution in [0.1, 0.15) is 41.5 Å². The minimum absolute atomic E-state index is 0.0934. The van der Waals surface area contributed by atoms with E-state index in [0.29, 0.717) is 23.1 Å². The molecule has 1 unspecified atom stereocenters. The molecule has 0 bridgehead atoms. The van der Waals surface area contributed by atoms with E-state index < -0.39 is 63.7 Å². The van der Waals surface area contributed by atoms with Gasteiger partial charge in [0.1, 0.15) is 5.60 Å². The summed E-state index contributed by atoms with van der Waals surface area (Å²) in [4.78, 5) is 13.4. The molecule has 1 fully saturated rings. The molecule has 204 valence electrons. The molecule has 0 radical (unpaired) electrons. The molecule has 14 heteroatoms. The molecule has 0 aromatic heterocycles. The van der Waals surface area contributed by atoms with E-state index in [0.717, 1.165) is 17.7 Å². The topological polar surface area (TPSA) is 41.9 Å². The molecule has 0 saturated carbocycles. The van der Waals surface area contributed by atoms with E-state index in [1.807, 2.05) is 0 Å². The van der Waals surface area contributed by atoms with Gasteiger partial charge in [-0.15, -0.1) is 0 Å². The standard InChI is InChI=1S/C24H17Cl2F7N2O2S/c25-16-6-14(7-17(26)20(16)27)22(24(31,32)33)8-18(34-38-22)12-1-2-15-13(5-12)9-37-21(15)10-35(11-21)19(36)3-4-23(28,29)30/h1-2,5-7H,3-4,8-11H2. The number of halogens is 9. The van der Waals surface area contributed by atoms with Gasteiger partial charge in [0.15, 0.2) is 10.6 Å². The maximum absolute atomic E-state index is 14.4. The molecule has 1 saturated heterocycles. The lowest BCUT2D eigenvalue weighted by atomic mass is 9.83. The molecule has 3 aliphatic rings. The summed E-state index contributed by atoms with van der Waals surface area (Å²) in [5.74, 6) is -1.63. The summed E-state index contributed by atoms with van der Waals surface area (Å²) >= 11 is 11.9. The highest BCUT2D eigenvalue weighted by Crippen LogP contribution is 2.57. The van der Waals surface area contributed by atoms with Gasteiger partial charge in [-0.05, 0) is 52.4 Å². The van der Waals surface area contributed by atoms with Crippen LogP contribution in [0.25, 0.3) is 0 Å². The predicted molar refractivity (Wildman–Crippen MR) is 128 cm³/mol. The van der Waals surface area contributed by atoms with E-state index in [1.54, 1.807) is 18.2 Å². The summed E-state index contributed by atoms with van der Waals surface area (Å²) in [5.41, 5.74) is 0.829. The van der Waals surface area contributed by atoms with E-state index in [9.17, 15) is 35.5 Å². The zero-order chi connectivity index (χ0) is 27.7. The molecular formula is C24H17Cl2F7N2O2S. The fourth-order valence-electron chi connectivity index (χ4n) is 4.89. The minimum Gasteiger partial charge on any atom is -0.362 e. The average Bonchev–Trinajstić information content (AvgIpc) is 3.42. The van der Waals surface area contributed by atoms with Crippen LogP contribution >= 0.6 is 35.1 Å². The lowest BCUT2D eigenvalue weighted by Gasteiger charge is -2.47. The molecule has 4 nitrogen and oxygen atoms in total. The Labute approximate surface area is 226 Å². The predicted octanol–water partition coefficient (Wildman–Crippen LogP) is 7.34. The average molecular weight is 601 g/mol. The normalized spacial score (nSPS) is 22.4. The van der Waals surface area contributed by atoms with Crippen LogP contribution in [0.5, 0.6) is 0 Å². The fraction of sp³-hybridized carbons (Fsp3) is 0.417. The van der Waals surface area contributed by atoms with Crippen molar-refractivity contribution in [3.8, 4) is 0 Å². The van der Waals surface area contributed by atoms with Crippen LogP contribution in [0.2, 0.25) is 10.0 Å². The summed E-state index contributed by atoms with van der Waals surface area (Å²) in [6, 6.07) is 6.75. The van der Waals surface area contributed by atoms with Gasteiger partial charge < -0.3 is 9.64 Å². The Kier molecular flexibility index (Phi) is 6.72. The zero-order valence-corrected chi connectivity index (χ0v) is 21.5. The SMILES string of the molecule is O=C(CCC(F)(F)F)N1CC2(C1)OCc1cc(C3=NSC(c4cc(Cl)c(F)c(Cl)c4)(C(F)(F)F)C3)ccc12. The van der Waals surface area contributed by atoms with Crippen LogP contribution < -0.4 is 0 Å². The van der Waals surface area contributed by atoms with E-state index in [2.05, 4.69) is 4.40 Å². The lowest BCUT2D eigenvalue weighted by Crippen LogP contribution is -2.61. The first-order valence-electron chi connectivity index (χ1n) is 11.2. The first-order valence-corrected chi connectivity index (χ1v) is 12.8. The molecule has 2 aromatic rings. The van der Waals surface area contributed by atoms with Crippen LogP contribution in [0.4, 0.5) is 30.7 Å². The third-order valence-corrected chi connectivity index (χ3v) is 8.72. The van der Waals surface area contributed by atoms with Crippen molar-refractivity contribution in [1.82, 2.24) is 4.90 Å². The third-order valence-electron chi connectivity index (χ3n) is 6.94. The van der Waals surface area contributed by atoms with Crippen molar-refractivity contribution < 1.29 is 40.3 Å². The molecular weight excluding hydrogens is 584 g/mol. The molecule has 3 aliphatic heterocycles. The highest BCUT2D eigenvalue weighted by Gasteiger charge is 2.60. The van der Waals surface area contributed by atoms with Gasteiger partial charge in [-0.3, -0.25) is 4.79 Å². The molecule has 1 atom stereocenters. The van der Waals surface area contributed by atoms with Crippen molar-refractivity contribution in [1.29, 1.82) is 0 Å². The van der Waals surface area contributed by atoms with Crippen molar-refractivity contribution >= 4 is 46.8 Å². The molecule has 0 aliphatic carbocycles. The summed E-state index contributed by atoms with van der Waals surface area (Å²) in [6.45, 7) is 0.313. The number of alkyl halides is 6. The molecule has 3 heterocycles. The van der Waals surface area contributed by atoms with Gasteiger partial charge in [0.05, 0.1) is 41.9 Å². The highest BCUT2D eigenvalue weighted by molar-refractivity contribution is 7.99. The van der Waals surface area contributed by atoms with Gasteiger partial charge in [0.25, 0.3) is 0 Å². The molecule has 1 spiro atoms. The van der Waals surface area contributed by atoms with Gasteiger partial charge in [-0.1, -0.05) is 35.3 Å². The number of carbonyl (C=O) groups is 1. The number of benzene rings is 2. The second-order valence-corrected chi connectivity index (χ2v) is 11.3. The number of likely N-dealkylation sites (tertiary alicyclic amines) is 1. The molecule has 38 heavy (non-hydrogen) atoms. The first-order chi connectivity index (χ1) is 17.6. The van der Waals surface area contributed by atoms with Crippen LogP contribution in [0.15, 0.2) is 34.7 Å². The second kappa shape index (κ2) is 9.28. The van der Waals surface area contributed by atoms with Crippen LogP contribution in [-0.4, -0.2) is 42.0 Å². The Hall–Kier alpha value is -2.02. The van der Waals surface area contributed by atoms with Gasteiger partial charge in [0.2, 0.25) is 5.91 Å². The Morgan fingerprint density at radius 1 is 1.08 bits per heavy atom. The summed E-state index contributed by atoms with van der Waals surface area (Å²) in [5, 5.41) is -1.06. The summed E-state index contributed by atoms with van der Waals surface area (Å²) in [6.07, 6.45) is -11.6. The summed E-state index contributed by atoms with van der Waals surface area (Å²) < 4.78 is 102. The van der Waals surface area contributed by atoms with E-state index in [4.69, 9.17) is 27.9 Å². The smallest absolute Gasteiger partial charge is 0.362 e. The van der Waals surface area contributed by atoms with Crippen LogP contribution in [0.3, 0.4) is 0 Å². The highest BCUT2D eigenvalue weighted by atomic mass is 35.5. The Bertz CT molecular complexity index is 1320. The van der Waals surface area contributed by atoms with Gasteiger partial charge >= 0.3 is 12.4 Å². The van der Waals surface area contributed by atoms with Crippen molar-refractivity contribution in [2.45, 2.75) is 48.6 Å². The number of fused-ring (bicyclic) bond motifs is 2. The number of amides is 1. The zero-order valence-electron chi connectivity index (χ0n) is 19.2. The lowest BCUT2D eigenvalue weighted by molar-refractivity contribution is -0.174. The Balaban J connectivity index is 1.34. The maximum atomic E-state index is 14.4. The van der Waals surface area contributed by atoms with Gasteiger partial charge in [-0.25, -0.2) is 8.79 Å². The van der Waals surface area contributed by atoms with Crippen LogP contribution in [0, 0.1) is 5.82 Å². The van der Waals surface area contributed by atoms with Crippen LogP contribution in [-0.2, 0) is 26.5 Å².